The first-order valence-corrected chi connectivity index (χ1v) is 10.8. The third kappa shape index (κ3) is 6.90. The molecule has 0 radical (unpaired) electrons. The molecular formula is C24H35N5O5. The van der Waals surface area contributed by atoms with E-state index >= 15 is 0 Å². The van der Waals surface area contributed by atoms with E-state index in [-0.39, 0.29) is 12.8 Å². The second-order valence-corrected chi connectivity index (χ2v) is 10.3. The molecule has 0 amide bonds. The van der Waals surface area contributed by atoms with Crippen LogP contribution in [0.3, 0.4) is 0 Å². The lowest BCUT2D eigenvalue weighted by molar-refractivity contribution is -0.151. The van der Waals surface area contributed by atoms with Gasteiger partial charge in [-0.3, -0.25) is 0 Å². The minimum Gasteiger partial charge on any atom is -0.479 e. The number of ether oxygens (including phenoxy) is 1. The molecule has 10 heteroatoms. The summed E-state index contributed by atoms with van der Waals surface area (Å²) in [5.74, 6) is -2.48. The number of aliphatic carboxylic acids is 2. The van der Waals surface area contributed by atoms with Crippen LogP contribution in [0.4, 0.5) is 5.69 Å². The zero-order valence-corrected chi connectivity index (χ0v) is 21.2. The molecule has 3 atom stereocenters. The smallest absolute Gasteiger partial charge is 0.333 e. The standard InChI is InChI=1S/C24H35N5O5/c1-20(2,24(7,19(32)33)29-27-21(3,4)18(30)31)14-23(6,34-8)15-22(5,16-25)28-26-17-12-10-9-11-13-17/h9-13H,14-15H2,1-8H3,(H,30,31)(H,32,33). The number of nitrogens with zero attached hydrogens (tertiary/aromatic N) is 5. The number of methoxy groups -OCH3 is 1. The zero-order chi connectivity index (χ0) is 26.4. The van der Waals surface area contributed by atoms with Crippen LogP contribution in [0.1, 0.15) is 61.3 Å². The number of carboxylic acids is 2. The first-order chi connectivity index (χ1) is 15.5. The van der Waals surface area contributed by atoms with Crippen molar-refractivity contribution < 1.29 is 24.5 Å². The number of carboxylic acid groups (broad SMARTS) is 2. The van der Waals surface area contributed by atoms with E-state index in [0.29, 0.717) is 5.69 Å². The Morgan fingerprint density at radius 3 is 1.91 bits per heavy atom. The molecule has 1 aromatic carbocycles. The molecule has 0 heterocycles. The number of benzene rings is 1. The summed E-state index contributed by atoms with van der Waals surface area (Å²) in [6.45, 7) is 10.9. The molecule has 3 unspecified atom stereocenters. The quantitative estimate of drug-likeness (QED) is 0.386. The summed E-state index contributed by atoms with van der Waals surface area (Å²) in [6, 6.07) is 11.2. The van der Waals surface area contributed by atoms with Gasteiger partial charge in [-0.1, -0.05) is 32.0 Å². The first-order valence-electron chi connectivity index (χ1n) is 10.8. The maximum Gasteiger partial charge on any atom is 0.333 e. The molecule has 0 bridgehead atoms. The van der Waals surface area contributed by atoms with Crippen molar-refractivity contribution in [2.75, 3.05) is 7.11 Å². The third-order valence-corrected chi connectivity index (χ3v) is 6.17. The lowest BCUT2D eigenvalue weighted by Crippen LogP contribution is -2.52. The summed E-state index contributed by atoms with van der Waals surface area (Å²) >= 11 is 0. The maximum atomic E-state index is 12.3. The van der Waals surface area contributed by atoms with Crippen molar-refractivity contribution in [3.05, 3.63) is 30.3 Å². The Labute approximate surface area is 200 Å². The molecule has 1 rings (SSSR count). The van der Waals surface area contributed by atoms with Gasteiger partial charge in [-0.25, -0.2) is 9.59 Å². The fourth-order valence-electron chi connectivity index (χ4n) is 3.54. The summed E-state index contributed by atoms with van der Waals surface area (Å²) in [5.41, 5.74) is -6.05. The SMILES string of the molecule is COC(C)(CC(C)(C#N)N=Nc1ccccc1)CC(C)(C)C(C)(N=NC(C)(C)C(=O)O)C(=O)O. The first kappa shape index (κ1) is 28.8. The van der Waals surface area contributed by atoms with E-state index in [1.807, 2.05) is 18.2 Å². The van der Waals surface area contributed by atoms with Gasteiger partial charge in [-0.05, 0) is 53.2 Å². The monoisotopic (exact) mass is 473 g/mol. The van der Waals surface area contributed by atoms with Crippen LogP contribution in [-0.4, -0.2) is 51.5 Å². The second kappa shape index (κ2) is 10.4. The molecule has 0 saturated heterocycles. The van der Waals surface area contributed by atoms with Crippen molar-refractivity contribution in [1.82, 2.24) is 0 Å². The fraction of sp³-hybridized carbons (Fsp3) is 0.625. The Morgan fingerprint density at radius 2 is 1.47 bits per heavy atom. The third-order valence-electron chi connectivity index (χ3n) is 6.17. The highest BCUT2D eigenvalue weighted by Crippen LogP contribution is 2.45. The molecule has 1 aromatic rings. The van der Waals surface area contributed by atoms with Gasteiger partial charge in [0.1, 0.15) is 0 Å². The van der Waals surface area contributed by atoms with Crippen molar-refractivity contribution in [2.45, 2.75) is 83.5 Å². The van der Waals surface area contributed by atoms with Crippen LogP contribution < -0.4 is 0 Å². The molecular weight excluding hydrogens is 438 g/mol. The molecule has 34 heavy (non-hydrogen) atoms. The normalized spacial score (nSPS) is 18.1. The van der Waals surface area contributed by atoms with Crippen LogP contribution in [0, 0.1) is 16.7 Å². The fourth-order valence-corrected chi connectivity index (χ4v) is 3.54. The van der Waals surface area contributed by atoms with Crippen LogP contribution in [0.2, 0.25) is 0 Å². The van der Waals surface area contributed by atoms with E-state index in [0.717, 1.165) is 0 Å². The maximum absolute atomic E-state index is 12.3. The highest BCUT2D eigenvalue weighted by molar-refractivity contribution is 5.80. The number of hydrogen-bond donors (Lipinski definition) is 2. The average Bonchev–Trinajstić information content (AvgIpc) is 2.76. The van der Waals surface area contributed by atoms with Crippen molar-refractivity contribution in [1.29, 1.82) is 5.26 Å². The van der Waals surface area contributed by atoms with E-state index < -0.39 is 39.6 Å². The van der Waals surface area contributed by atoms with Crippen molar-refractivity contribution in [3.63, 3.8) is 0 Å². The Kier molecular flexibility index (Phi) is 8.81. The van der Waals surface area contributed by atoms with Gasteiger partial charge in [0, 0.05) is 18.9 Å². The Bertz CT molecular complexity index is 985. The minimum atomic E-state index is -1.77. The van der Waals surface area contributed by atoms with E-state index in [9.17, 15) is 25.1 Å². The van der Waals surface area contributed by atoms with Crippen molar-refractivity contribution in [2.24, 2.45) is 25.9 Å². The Balaban J connectivity index is 3.30. The van der Waals surface area contributed by atoms with E-state index in [4.69, 9.17) is 4.74 Å². The number of nitriles is 1. The minimum absolute atomic E-state index is 0.125. The van der Waals surface area contributed by atoms with E-state index in [1.54, 1.807) is 39.8 Å². The topological polar surface area (TPSA) is 157 Å². The van der Waals surface area contributed by atoms with Gasteiger partial charge in [-0.15, -0.1) is 0 Å². The highest BCUT2D eigenvalue weighted by Gasteiger charge is 2.53. The van der Waals surface area contributed by atoms with Gasteiger partial charge in [0.2, 0.25) is 0 Å². The number of azo groups is 2. The van der Waals surface area contributed by atoms with Crippen LogP contribution >= 0.6 is 0 Å². The Hall–Kier alpha value is -3.19. The number of hydrogen-bond acceptors (Lipinski definition) is 8. The number of rotatable bonds is 12. The van der Waals surface area contributed by atoms with Crippen LogP contribution in [0.15, 0.2) is 50.8 Å². The molecule has 0 aliphatic rings. The summed E-state index contributed by atoms with van der Waals surface area (Å²) in [7, 11) is 1.48. The van der Waals surface area contributed by atoms with Crippen molar-refractivity contribution >= 4 is 17.6 Å². The average molecular weight is 474 g/mol. The molecule has 186 valence electrons. The van der Waals surface area contributed by atoms with Crippen LogP contribution in [0.5, 0.6) is 0 Å². The predicted octanol–water partition coefficient (Wildman–Crippen LogP) is 5.42. The largest absolute Gasteiger partial charge is 0.479 e. The van der Waals surface area contributed by atoms with Crippen LogP contribution in [-0.2, 0) is 14.3 Å². The molecule has 2 N–H and O–H groups in total. The van der Waals surface area contributed by atoms with E-state index in [2.05, 4.69) is 26.5 Å². The second-order valence-electron chi connectivity index (χ2n) is 10.3. The van der Waals surface area contributed by atoms with E-state index in [1.165, 1.54) is 27.9 Å². The van der Waals surface area contributed by atoms with Gasteiger partial charge in [0.25, 0.3) is 0 Å². The van der Waals surface area contributed by atoms with Gasteiger partial charge in [-0.2, -0.15) is 25.7 Å². The van der Waals surface area contributed by atoms with Gasteiger partial charge < -0.3 is 14.9 Å². The highest BCUT2D eigenvalue weighted by atomic mass is 16.5. The summed E-state index contributed by atoms with van der Waals surface area (Å²) in [6.07, 6.45) is 0.282. The summed E-state index contributed by atoms with van der Waals surface area (Å²) in [5, 5.41) is 45.5. The summed E-state index contributed by atoms with van der Waals surface area (Å²) < 4.78 is 5.77. The Morgan fingerprint density at radius 1 is 0.912 bits per heavy atom. The molecule has 0 aliphatic heterocycles. The lowest BCUT2D eigenvalue weighted by atomic mass is 9.66. The van der Waals surface area contributed by atoms with Gasteiger partial charge >= 0.3 is 11.9 Å². The van der Waals surface area contributed by atoms with Crippen molar-refractivity contribution in [3.8, 4) is 6.07 Å². The molecule has 0 saturated carbocycles. The molecule has 0 fully saturated rings. The molecule has 10 nitrogen and oxygen atoms in total. The van der Waals surface area contributed by atoms with Gasteiger partial charge in [0.05, 0.1) is 17.4 Å². The molecule has 0 spiro atoms. The van der Waals surface area contributed by atoms with Crippen LogP contribution in [0.25, 0.3) is 0 Å². The van der Waals surface area contributed by atoms with Gasteiger partial charge in [0.15, 0.2) is 16.6 Å². The zero-order valence-electron chi connectivity index (χ0n) is 21.2. The molecule has 0 aliphatic carbocycles. The number of carbonyl (C=O) groups is 2. The predicted molar refractivity (Wildman–Crippen MR) is 126 cm³/mol. The lowest BCUT2D eigenvalue weighted by Gasteiger charge is -2.44. The molecule has 0 aromatic heterocycles. The summed E-state index contributed by atoms with van der Waals surface area (Å²) in [4.78, 5) is 23.7.